The molecule has 7 nitrogen and oxygen atoms in total. The average molecular weight is 436 g/mol. The number of nitrogens with zero attached hydrogens (tertiary/aromatic N) is 4. The fourth-order valence-electron chi connectivity index (χ4n) is 4.55. The van der Waals surface area contributed by atoms with Crippen LogP contribution in [0.15, 0.2) is 30.5 Å². The number of hydrogen-bond donors (Lipinski definition) is 3. The maximum absolute atomic E-state index is 13.8. The second-order valence-electron chi connectivity index (χ2n) is 8.52. The minimum atomic E-state index is -4.57. The Morgan fingerprint density at radius 1 is 1.23 bits per heavy atom. The van der Waals surface area contributed by atoms with Crippen LogP contribution in [0.5, 0.6) is 0 Å². The molecule has 1 saturated carbocycles. The summed E-state index contributed by atoms with van der Waals surface area (Å²) in [6.45, 7) is 3.06. The van der Waals surface area contributed by atoms with Gasteiger partial charge in [-0.1, -0.05) is 0 Å². The molecular weight excluding hydrogens is 409 g/mol. The zero-order chi connectivity index (χ0) is 21.8. The molecule has 2 aliphatic rings. The highest BCUT2D eigenvalue weighted by atomic mass is 19.4. The summed E-state index contributed by atoms with van der Waals surface area (Å²) in [6.07, 6.45) is -0.601. The van der Waals surface area contributed by atoms with Crippen LogP contribution in [-0.4, -0.2) is 56.0 Å². The van der Waals surface area contributed by atoms with Crippen LogP contribution in [-0.2, 0) is 6.18 Å². The van der Waals surface area contributed by atoms with E-state index in [1.807, 2.05) is 11.8 Å². The third-order valence-corrected chi connectivity index (χ3v) is 6.33. The van der Waals surface area contributed by atoms with Crippen LogP contribution in [0, 0.1) is 0 Å². The van der Waals surface area contributed by atoms with Crippen molar-refractivity contribution in [3.63, 3.8) is 0 Å². The number of H-pyrrole nitrogens is 1. The molecule has 10 heteroatoms. The first-order valence-corrected chi connectivity index (χ1v) is 10.4. The lowest BCUT2D eigenvalue weighted by Crippen LogP contribution is -2.66. The maximum atomic E-state index is 13.8. The summed E-state index contributed by atoms with van der Waals surface area (Å²) in [5, 5.41) is 21.5. The third kappa shape index (κ3) is 3.53. The molecule has 0 radical (unpaired) electrons. The van der Waals surface area contributed by atoms with Gasteiger partial charge in [0.15, 0.2) is 5.65 Å². The van der Waals surface area contributed by atoms with E-state index < -0.39 is 17.3 Å². The topological polar surface area (TPSA) is 90.0 Å². The summed E-state index contributed by atoms with van der Waals surface area (Å²) in [6, 6.07) is 5.71. The maximum Gasteiger partial charge on any atom is 0.418 e. The summed E-state index contributed by atoms with van der Waals surface area (Å²) in [5.41, 5.74) is -1.28. The first kappa shape index (κ1) is 20.2. The van der Waals surface area contributed by atoms with Gasteiger partial charge in [-0.2, -0.15) is 18.3 Å². The van der Waals surface area contributed by atoms with E-state index in [4.69, 9.17) is 0 Å². The Morgan fingerprint density at radius 3 is 2.74 bits per heavy atom. The van der Waals surface area contributed by atoms with Crippen LogP contribution in [0.1, 0.15) is 34.6 Å². The molecule has 2 unspecified atom stereocenters. The lowest BCUT2D eigenvalue weighted by atomic mass is 9.73. The lowest BCUT2D eigenvalue weighted by molar-refractivity contribution is -0.137. The molecule has 31 heavy (non-hydrogen) atoms. The van der Waals surface area contributed by atoms with Crippen LogP contribution in [0.3, 0.4) is 0 Å². The number of fused-ring (bicyclic) bond motifs is 1. The predicted molar refractivity (Wildman–Crippen MR) is 114 cm³/mol. The molecule has 4 heterocycles. The monoisotopic (exact) mass is 436 g/mol. The van der Waals surface area contributed by atoms with E-state index in [9.17, 15) is 18.3 Å². The third-order valence-electron chi connectivity index (χ3n) is 6.33. The fourth-order valence-corrected chi connectivity index (χ4v) is 4.55. The first-order chi connectivity index (χ1) is 14.7. The number of nitrogens with one attached hydrogen (secondary N) is 2. The second kappa shape index (κ2) is 7.16. The van der Waals surface area contributed by atoms with Gasteiger partial charge in [-0.15, -0.1) is 0 Å². The SMILES string of the molecule is CC1CN(c2ccc(C(F)(F)F)c(-c3[nH]nc4ncccc34)n2)CC(C2(O)CCC2)N1.[HH].[HH]. The predicted octanol–water partition coefficient (Wildman–Crippen LogP) is 3.61. The van der Waals surface area contributed by atoms with Crippen molar-refractivity contribution in [3.05, 3.63) is 36.0 Å². The molecule has 3 N–H and O–H groups in total. The molecule has 1 aliphatic heterocycles. The van der Waals surface area contributed by atoms with E-state index in [-0.39, 0.29) is 26.3 Å². The fraction of sp³-hybridized carbons (Fsp3) is 0.476. The summed E-state index contributed by atoms with van der Waals surface area (Å²) >= 11 is 0. The van der Waals surface area contributed by atoms with E-state index in [0.29, 0.717) is 29.9 Å². The minimum Gasteiger partial charge on any atom is -0.388 e. The molecule has 2 fully saturated rings. The number of aromatic nitrogens is 4. The number of piperazine rings is 1. The molecule has 0 bridgehead atoms. The van der Waals surface area contributed by atoms with Crippen LogP contribution in [0.4, 0.5) is 19.0 Å². The number of aromatic amines is 1. The molecule has 168 valence electrons. The Hall–Kier alpha value is -2.72. The van der Waals surface area contributed by atoms with Crippen molar-refractivity contribution in [3.8, 4) is 11.4 Å². The summed E-state index contributed by atoms with van der Waals surface area (Å²) in [7, 11) is 0. The molecule has 0 amide bonds. The Bertz CT molecular complexity index is 1120. The van der Waals surface area contributed by atoms with Crippen molar-refractivity contribution in [2.75, 3.05) is 18.0 Å². The Kier molecular flexibility index (Phi) is 4.67. The van der Waals surface area contributed by atoms with Crippen LogP contribution >= 0.6 is 0 Å². The molecule has 5 rings (SSSR count). The number of alkyl halides is 3. The van der Waals surface area contributed by atoms with Gasteiger partial charge in [0.05, 0.1) is 22.9 Å². The highest BCUT2D eigenvalue weighted by Crippen LogP contribution is 2.40. The van der Waals surface area contributed by atoms with Crippen LogP contribution in [0.25, 0.3) is 22.4 Å². The van der Waals surface area contributed by atoms with Gasteiger partial charge in [-0.25, -0.2) is 9.97 Å². The normalized spacial score (nSPS) is 23.7. The smallest absolute Gasteiger partial charge is 0.388 e. The highest BCUT2D eigenvalue weighted by molar-refractivity contribution is 5.90. The van der Waals surface area contributed by atoms with E-state index >= 15 is 0 Å². The summed E-state index contributed by atoms with van der Waals surface area (Å²) in [4.78, 5) is 10.5. The number of anilines is 1. The quantitative estimate of drug-likeness (QED) is 0.581. The lowest BCUT2D eigenvalue weighted by Gasteiger charge is -2.49. The van der Waals surface area contributed by atoms with Crippen molar-refractivity contribution in [2.45, 2.75) is 50.0 Å². The van der Waals surface area contributed by atoms with Gasteiger partial charge in [0, 0.05) is 33.6 Å². The zero-order valence-electron chi connectivity index (χ0n) is 16.9. The number of aliphatic hydroxyl groups is 1. The molecule has 0 aromatic carbocycles. The van der Waals surface area contributed by atoms with Gasteiger partial charge in [0.1, 0.15) is 11.5 Å². The number of hydrogen-bond acceptors (Lipinski definition) is 6. The Morgan fingerprint density at radius 2 is 2.03 bits per heavy atom. The molecule has 3 aromatic rings. The Labute approximate surface area is 179 Å². The van der Waals surface area contributed by atoms with Gasteiger partial charge >= 0.3 is 6.18 Å². The van der Waals surface area contributed by atoms with Gasteiger partial charge in [0.2, 0.25) is 0 Å². The Balaban J connectivity index is 0.00000153. The number of rotatable bonds is 3. The zero-order valence-corrected chi connectivity index (χ0v) is 16.9. The van der Waals surface area contributed by atoms with Crippen molar-refractivity contribution >= 4 is 16.9 Å². The van der Waals surface area contributed by atoms with Crippen molar-refractivity contribution < 1.29 is 21.1 Å². The summed E-state index contributed by atoms with van der Waals surface area (Å²) < 4.78 is 41.4. The highest BCUT2D eigenvalue weighted by Gasteiger charge is 2.45. The molecule has 1 saturated heterocycles. The van der Waals surface area contributed by atoms with E-state index in [1.54, 1.807) is 12.1 Å². The van der Waals surface area contributed by atoms with E-state index in [0.717, 1.165) is 25.3 Å². The van der Waals surface area contributed by atoms with Gasteiger partial charge in [-0.05, 0) is 50.5 Å². The van der Waals surface area contributed by atoms with E-state index in [1.165, 1.54) is 12.3 Å². The summed E-state index contributed by atoms with van der Waals surface area (Å²) in [5.74, 6) is 0.441. The van der Waals surface area contributed by atoms with Crippen LogP contribution < -0.4 is 10.2 Å². The molecule has 1 aliphatic carbocycles. The number of pyridine rings is 2. The van der Waals surface area contributed by atoms with Crippen molar-refractivity contribution in [1.82, 2.24) is 25.5 Å². The number of halogens is 3. The minimum absolute atomic E-state index is 0. The standard InChI is InChI=1S/C21H23F3N6O.2H2/c1-12-10-30(11-15(26-12)20(31)7-3-8-20)16-6-5-14(21(22,23)24)18(27-16)17-13-4-2-9-25-19(13)29-28-17;;/h2,4-6,9,12,15,26,31H,3,7-8,10-11H2,1H3,(H,25,28,29);2*1H. The average Bonchev–Trinajstić information content (AvgIpc) is 3.14. The molecule has 0 spiro atoms. The van der Waals surface area contributed by atoms with E-state index in [2.05, 4.69) is 25.5 Å². The molecule has 3 aromatic heterocycles. The van der Waals surface area contributed by atoms with Gasteiger partial charge in [-0.3, -0.25) is 5.10 Å². The van der Waals surface area contributed by atoms with Crippen molar-refractivity contribution in [2.24, 2.45) is 0 Å². The second-order valence-corrected chi connectivity index (χ2v) is 8.52. The molecular formula is C21H27F3N6O. The molecule has 2 atom stereocenters. The first-order valence-electron chi connectivity index (χ1n) is 10.4. The van der Waals surface area contributed by atoms with Gasteiger partial charge in [0.25, 0.3) is 0 Å². The largest absolute Gasteiger partial charge is 0.418 e. The van der Waals surface area contributed by atoms with Crippen LogP contribution in [0.2, 0.25) is 0 Å². The van der Waals surface area contributed by atoms with Crippen molar-refractivity contribution in [1.29, 1.82) is 0 Å². The van der Waals surface area contributed by atoms with Gasteiger partial charge < -0.3 is 15.3 Å².